The van der Waals surface area contributed by atoms with Crippen LogP contribution in [0.4, 0.5) is 5.69 Å². The highest BCUT2D eigenvalue weighted by molar-refractivity contribution is 6.00. The molecule has 1 N–H and O–H groups in total. The van der Waals surface area contributed by atoms with Crippen molar-refractivity contribution in [2.24, 2.45) is 0 Å². The van der Waals surface area contributed by atoms with E-state index < -0.39 is 0 Å². The highest BCUT2D eigenvalue weighted by Gasteiger charge is 2.38. The molecule has 3 rings (SSSR count). The van der Waals surface area contributed by atoms with Crippen LogP contribution in [0, 0.1) is 0 Å². The molecule has 6 nitrogen and oxygen atoms in total. The van der Waals surface area contributed by atoms with Crippen LogP contribution in [0.3, 0.4) is 0 Å². The highest BCUT2D eigenvalue weighted by atomic mass is 16.2. The molecule has 0 aliphatic carbocycles. The van der Waals surface area contributed by atoms with E-state index in [0.717, 1.165) is 25.1 Å². The third-order valence-corrected chi connectivity index (χ3v) is 4.33. The molecule has 2 heterocycles. The lowest BCUT2D eigenvalue weighted by molar-refractivity contribution is -0.119. The Kier molecular flexibility index (Phi) is 4.71. The third-order valence-electron chi connectivity index (χ3n) is 4.33. The maximum Gasteiger partial charge on any atom is 0.244 e. The Morgan fingerprint density at radius 3 is 2.83 bits per heavy atom. The third kappa shape index (κ3) is 3.59. The van der Waals surface area contributed by atoms with Crippen LogP contribution < -0.4 is 10.2 Å². The summed E-state index contributed by atoms with van der Waals surface area (Å²) in [5.74, 6) is 0.163. The van der Waals surface area contributed by atoms with E-state index in [0.29, 0.717) is 0 Å². The van der Waals surface area contributed by atoms with Crippen LogP contribution in [0.25, 0.3) is 0 Å². The molecule has 1 aliphatic heterocycles. The molecule has 1 aromatic carbocycles. The van der Waals surface area contributed by atoms with E-state index in [9.17, 15) is 4.79 Å². The van der Waals surface area contributed by atoms with Gasteiger partial charge in [0.15, 0.2) is 0 Å². The first-order valence-corrected chi connectivity index (χ1v) is 8.11. The maximum atomic E-state index is 12.7. The van der Waals surface area contributed by atoms with Crippen molar-refractivity contribution in [2.75, 3.05) is 4.90 Å². The first-order valence-electron chi connectivity index (χ1n) is 8.11. The second kappa shape index (κ2) is 6.91. The normalized spacial score (nSPS) is 22.5. The number of amides is 1. The van der Waals surface area contributed by atoms with Crippen molar-refractivity contribution in [3.05, 3.63) is 43.0 Å². The van der Waals surface area contributed by atoms with E-state index in [-0.39, 0.29) is 24.0 Å². The van der Waals surface area contributed by atoms with Crippen LogP contribution in [0.1, 0.15) is 26.7 Å². The van der Waals surface area contributed by atoms with Crippen molar-refractivity contribution in [3.63, 3.8) is 0 Å². The fourth-order valence-electron chi connectivity index (χ4n) is 3.14. The van der Waals surface area contributed by atoms with Gasteiger partial charge in [0.1, 0.15) is 12.7 Å². The molecule has 0 unspecified atom stereocenters. The Bertz CT molecular complexity index is 628. The van der Waals surface area contributed by atoms with Crippen molar-refractivity contribution >= 4 is 11.6 Å². The van der Waals surface area contributed by atoms with Crippen molar-refractivity contribution in [1.29, 1.82) is 0 Å². The fourth-order valence-corrected chi connectivity index (χ4v) is 3.14. The summed E-state index contributed by atoms with van der Waals surface area (Å²) in [5, 5.41) is 7.57. The van der Waals surface area contributed by atoms with Gasteiger partial charge < -0.3 is 10.2 Å². The highest BCUT2D eigenvalue weighted by Crippen LogP contribution is 2.26. The van der Waals surface area contributed by atoms with Gasteiger partial charge in [0, 0.05) is 24.3 Å². The first kappa shape index (κ1) is 15.7. The zero-order valence-corrected chi connectivity index (χ0v) is 13.6. The van der Waals surface area contributed by atoms with Gasteiger partial charge in [-0.25, -0.2) is 4.98 Å². The molecule has 1 aliphatic rings. The molecule has 0 radical (unpaired) electrons. The zero-order valence-electron chi connectivity index (χ0n) is 13.6. The number of anilines is 1. The summed E-state index contributed by atoms with van der Waals surface area (Å²) in [6.45, 7) is 5.01. The van der Waals surface area contributed by atoms with Gasteiger partial charge in [0.25, 0.3) is 0 Å². The summed E-state index contributed by atoms with van der Waals surface area (Å²) in [5.41, 5.74) is 0.976. The summed E-state index contributed by atoms with van der Waals surface area (Å²) in [6.07, 6.45) is 5.00. The Morgan fingerprint density at radius 1 is 1.35 bits per heavy atom. The van der Waals surface area contributed by atoms with Gasteiger partial charge in [-0.05, 0) is 38.8 Å². The van der Waals surface area contributed by atoms with Gasteiger partial charge in [-0.1, -0.05) is 18.2 Å². The molecule has 122 valence electrons. The summed E-state index contributed by atoms with van der Waals surface area (Å²) < 4.78 is 1.81. The second-order valence-corrected chi connectivity index (χ2v) is 6.20. The van der Waals surface area contributed by atoms with Gasteiger partial charge in [-0.2, -0.15) is 5.10 Å². The number of hydrogen-bond acceptors (Lipinski definition) is 4. The SMILES string of the molecule is C[C@H](CCn1cncn1)N[C@H]1C[C@H](C)N(c2ccccc2)C1=O. The number of para-hydroxylation sites is 1. The summed E-state index contributed by atoms with van der Waals surface area (Å²) in [7, 11) is 0. The predicted octanol–water partition coefficient (Wildman–Crippen LogP) is 1.84. The Hall–Kier alpha value is -2.21. The fraction of sp³-hybridized carbons (Fsp3) is 0.471. The van der Waals surface area contributed by atoms with Crippen LogP contribution in [0.5, 0.6) is 0 Å². The molecule has 0 spiro atoms. The summed E-state index contributed by atoms with van der Waals surface area (Å²) in [6, 6.07) is 10.2. The standard InChI is InChI=1S/C17H23N5O/c1-13(8-9-21-12-18-11-19-21)20-16-10-14(2)22(17(16)23)15-6-4-3-5-7-15/h3-7,11-14,16,20H,8-10H2,1-2H3/t13-,14+,16+/m1/s1. The largest absolute Gasteiger partial charge is 0.308 e. The van der Waals surface area contributed by atoms with Gasteiger partial charge in [0.2, 0.25) is 5.91 Å². The second-order valence-electron chi connectivity index (χ2n) is 6.20. The average molecular weight is 313 g/mol. The lowest BCUT2D eigenvalue weighted by Crippen LogP contribution is -2.43. The molecule has 1 amide bonds. The number of carbonyl (C=O) groups is 1. The molecule has 2 aromatic rings. The molecular weight excluding hydrogens is 290 g/mol. The Morgan fingerprint density at radius 2 is 2.13 bits per heavy atom. The number of aromatic nitrogens is 3. The molecule has 3 atom stereocenters. The minimum atomic E-state index is -0.115. The van der Waals surface area contributed by atoms with Crippen molar-refractivity contribution < 1.29 is 4.79 Å². The molecule has 0 saturated carbocycles. The van der Waals surface area contributed by atoms with Crippen molar-refractivity contribution in [3.8, 4) is 0 Å². The number of carbonyl (C=O) groups excluding carboxylic acids is 1. The van der Waals surface area contributed by atoms with Gasteiger partial charge in [-0.3, -0.25) is 9.48 Å². The van der Waals surface area contributed by atoms with E-state index in [1.165, 1.54) is 6.33 Å². The molecule has 1 aromatic heterocycles. The Balaban J connectivity index is 1.57. The van der Waals surface area contributed by atoms with Crippen LogP contribution in [-0.2, 0) is 11.3 Å². The van der Waals surface area contributed by atoms with Crippen molar-refractivity contribution in [1.82, 2.24) is 20.1 Å². The monoisotopic (exact) mass is 313 g/mol. The van der Waals surface area contributed by atoms with Gasteiger partial charge in [0.05, 0.1) is 6.04 Å². The summed E-state index contributed by atoms with van der Waals surface area (Å²) >= 11 is 0. The molecule has 1 saturated heterocycles. The van der Waals surface area contributed by atoms with Crippen LogP contribution in [0.2, 0.25) is 0 Å². The summed E-state index contributed by atoms with van der Waals surface area (Å²) in [4.78, 5) is 18.6. The average Bonchev–Trinajstić information content (AvgIpc) is 3.15. The van der Waals surface area contributed by atoms with E-state index in [1.807, 2.05) is 39.9 Å². The van der Waals surface area contributed by atoms with Crippen LogP contribution in [-0.4, -0.2) is 38.8 Å². The Labute approximate surface area is 136 Å². The topological polar surface area (TPSA) is 63.1 Å². The molecule has 1 fully saturated rings. The lowest BCUT2D eigenvalue weighted by atomic mass is 10.1. The number of benzene rings is 1. The number of rotatable bonds is 6. The van der Waals surface area contributed by atoms with Crippen LogP contribution in [0.15, 0.2) is 43.0 Å². The smallest absolute Gasteiger partial charge is 0.244 e. The minimum absolute atomic E-state index is 0.115. The number of hydrogen-bond donors (Lipinski definition) is 1. The van der Waals surface area contributed by atoms with E-state index in [2.05, 4.69) is 29.2 Å². The molecule has 0 bridgehead atoms. The first-order chi connectivity index (χ1) is 11.1. The maximum absolute atomic E-state index is 12.7. The van der Waals surface area contributed by atoms with Crippen molar-refractivity contribution in [2.45, 2.75) is 51.4 Å². The van der Waals surface area contributed by atoms with Gasteiger partial charge >= 0.3 is 0 Å². The molecular formula is C17H23N5O. The number of nitrogens with zero attached hydrogens (tertiary/aromatic N) is 4. The lowest BCUT2D eigenvalue weighted by Gasteiger charge is -2.22. The van der Waals surface area contributed by atoms with E-state index in [1.54, 1.807) is 6.33 Å². The molecule has 6 heteroatoms. The van der Waals surface area contributed by atoms with E-state index >= 15 is 0 Å². The minimum Gasteiger partial charge on any atom is -0.308 e. The quantitative estimate of drug-likeness (QED) is 0.884. The van der Waals surface area contributed by atoms with E-state index in [4.69, 9.17) is 0 Å². The number of nitrogens with one attached hydrogen (secondary N) is 1. The number of aryl methyl sites for hydroxylation is 1. The molecule has 23 heavy (non-hydrogen) atoms. The van der Waals surface area contributed by atoms with Gasteiger partial charge in [-0.15, -0.1) is 0 Å². The predicted molar refractivity (Wildman–Crippen MR) is 89.0 cm³/mol. The zero-order chi connectivity index (χ0) is 16.2. The van der Waals surface area contributed by atoms with Crippen LogP contribution >= 0.6 is 0 Å².